The normalized spacial score (nSPS) is 12.8. The number of sulfonamides is 1. The van der Waals surface area contributed by atoms with Crippen LogP contribution in [0.3, 0.4) is 0 Å². The van der Waals surface area contributed by atoms with E-state index in [2.05, 4.69) is 5.32 Å². The van der Waals surface area contributed by atoms with Gasteiger partial charge in [0, 0.05) is 17.6 Å². The standard InChI is InChI=1S/C30H35Cl2N3O4S/c1-5-22(4)33-30(37)27(6-2)34(19-23-10-8-7-9-11-23)29(36)20-35(28-18-24(31)14-17-26(28)32)40(38,39)25-15-12-21(3)13-16-25/h7-18,22,27H,5-6,19-20H2,1-4H3,(H,33,37)/t22-,27-/m1/s1. The molecule has 0 saturated carbocycles. The zero-order valence-corrected chi connectivity index (χ0v) is 25.4. The molecule has 7 nitrogen and oxygen atoms in total. The monoisotopic (exact) mass is 603 g/mol. The van der Waals surface area contributed by atoms with E-state index in [0.29, 0.717) is 6.42 Å². The van der Waals surface area contributed by atoms with Gasteiger partial charge in [0.1, 0.15) is 12.6 Å². The Morgan fingerprint density at radius 1 is 0.925 bits per heavy atom. The molecule has 3 aromatic carbocycles. The zero-order chi connectivity index (χ0) is 29.4. The predicted molar refractivity (Wildman–Crippen MR) is 161 cm³/mol. The molecular weight excluding hydrogens is 569 g/mol. The van der Waals surface area contributed by atoms with Crippen LogP contribution >= 0.6 is 23.2 Å². The van der Waals surface area contributed by atoms with Gasteiger partial charge in [0.05, 0.1) is 15.6 Å². The third-order valence-corrected chi connectivity index (χ3v) is 8.98. The molecule has 10 heteroatoms. The fraction of sp³-hybridized carbons (Fsp3) is 0.333. The minimum atomic E-state index is -4.25. The van der Waals surface area contributed by atoms with Crippen LogP contribution in [0.15, 0.2) is 77.7 Å². The molecule has 3 rings (SSSR count). The Hall–Kier alpha value is -3.07. The number of anilines is 1. The van der Waals surface area contributed by atoms with Crippen molar-refractivity contribution >= 4 is 50.7 Å². The van der Waals surface area contributed by atoms with Crippen LogP contribution < -0.4 is 9.62 Å². The van der Waals surface area contributed by atoms with Crippen molar-refractivity contribution in [2.45, 2.75) is 64.1 Å². The molecule has 0 unspecified atom stereocenters. The quantitative estimate of drug-likeness (QED) is 0.266. The summed E-state index contributed by atoms with van der Waals surface area (Å²) < 4.78 is 28.9. The first-order valence-electron chi connectivity index (χ1n) is 13.2. The summed E-state index contributed by atoms with van der Waals surface area (Å²) in [7, 11) is -4.25. The van der Waals surface area contributed by atoms with Crippen LogP contribution in [0.5, 0.6) is 0 Å². The van der Waals surface area contributed by atoms with Crippen molar-refractivity contribution in [3.8, 4) is 0 Å². The van der Waals surface area contributed by atoms with E-state index in [4.69, 9.17) is 23.2 Å². The first-order valence-corrected chi connectivity index (χ1v) is 15.4. The number of rotatable bonds is 12. The number of nitrogens with one attached hydrogen (secondary N) is 1. The lowest BCUT2D eigenvalue weighted by molar-refractivity contribution is -0.140. The lowest BCUT2D eigenvalue weighted by atomic mass is 10.1. The molecule has 0 bridgehead atoms. The van der Waals surface area contributed by atoms with Gasteiger partial charge in [-0.1, -0.05) is 85.1 Å². The summed E-state index contributed by atoms with van der Waals surface area (Å²) in [6, 6.07) is 19.1. The van der Waals surface area contributed by atoms with Gasteiger partial charge in [0.25, 0.3) is 10.0 Å². The molecule has 2 amide bonds. The Morgan fingerprint density at radius 2 is 1.57 bits per heavy atom. The highest BCUT2D eigenvalue weighted by atomic mass is 35.5. The number of aryl methyl sites for hydroxylation is 1. The SMILES string of the molecule is CC[C@@H](C)NC(=O)[C@@H](CC)N(Cc1ccccc1)C(=O)CN(c1cc(Cl)ccc1Cl)S(=O)(=O)c1ccc(C)cc1. The molecule has 0 saturated heterocycles. The maximum atomic E-state index is 14.1. The van der Waals surface area contributed by atoms with E-state index in [1.807, 2.05) is 58.0 Å². The van der Waals surface area contributed by atoms with E-state index in [1.165, 1.54) is 29.2 Å². The summed E-state index contributed by atoms with van der Waals surface area (Å²) in [5, 5.41) is 3.34. The van der Waals surface area contributed by atoms with Gasteiger partial charge >= 0.3 is 0 Å². The van der Waals surface area contributed by atoms with Gasteiger partial charge in [-0.05, 0) is 62.6 Å². The van der Waals surface area contributed by atoms with Crippen molar-refractivity contribution in [1.29, 1.82) is 0 Å². The Balaban J connectivity index is 2.09. The Morgan fingerprint density at radius 3 is 2.17 bits per heavy atom. The van der Waals surface area contributed by atoms with Crippen molar-refractivity contribution < 1.29 is 18.0 Å². The molecule has 1 N–H and O–H groups in total. The maximum absolute atomic E-state index is 14.1. The second kappa shape index (κ2) is 14.0. The highest BCUT2D eigenvalue weighted by Crippen LogP contribution is 2.33. The van der Waals surface area contributed by atoms with Crippen LogP contribution in [-0.2, 0) is 26.2 Å². The van der Waals surface area contributed by atoms with Crippen molar-refractivity contribution in [2.24, 2.45) is 0 Å². The van der Waals surface area contributed by atoms with E-state index >= 15 is 0 Å². The second-order valence-electron chi connectivity index (χ2n) is 9.67. The molecule has 2 atom stereocenters. The van der Waals surface area contributed by atoms with Crippen LogP contribution in [0.25, 0.3) is 0 Å². The summed E-state index contributed by atoms with van der Waals surface area (Å²) in [6.07, 6.45) is 1.06. The molecule has 40 heavy (non-hydrogen) atoms. The lowest BCUT2D eigenvalue weighted by Gasteiger charge is -2.34. The number of amides is 2. The van der Waals surface area contributed by atoms with Gasteiger partial charge in [0.2, 0.25) is 11.8 Å². The van der Waals surface area contributed by atoms with E-state index in [1.54, 1.807) is 18.2 Å². The van der Waals surface area contributed by atoms with Crippen molar-refractivity contribution in [2.75, 3.05) is 10.8 Å². The van der Waals surface area contributed by atoms with Gasteiger partial charge < -0.3 is 10.2 Å². The highest BCUT2D eigenvalue weighted by molar-refractivity contribution is 7.92. The molecule has 0 aliphatic heterocycles. The molecule has 0 aliphatic rings. The average Bonchev–Trinajstić information content (AvgIpc) is 2.93. The van der Waals surface area contributed by atoms with Gasteiger partial charge in [-0.25, -0.2) is 8.42 Å². The summed E-state index contributed by atoms with van der Waals surface area (Å²) in [6.45, 7) is 7.06. The van der Waals surface area contributed by atoms with Gasteiger partial charge in [-0.2, -0.15) is 0 Å². The van der Waals surface area contributed by atoms with Crippen LogP contribution in [0.2, 0.25) is 10.0 Å². The van der Waals surface area contributed by atoms with Crippen LogP contribution in [0.4, 0.5) is 5.69 Å². The number of hydrogen-bond acceptors (Lipinski definition) is 4. The molecule has 0 aliphatic carbocycles. The van der Waals surface area contributed by atoms with E-state index in [9.17, 15) is 18.0 Å². The fourth-order valence-corrected chi connectivity index (χ4v) is 6.03. The van der Waals surface area contributed by atoms with Crippen molar-refractivity contribution in [1.82, 2.24) is 10.2 Å². The molecule has 214 valence electrons. The molecule has 0 heterocycles. The molecule has 0 spiro atoms. The Bertz CT molecular complexity index is 1420. The number of hydrogen-bond donors (Lipinski definition) is 1. The van der Waals surface area contributed by atoms with Crippen LogP contribution in [0, 0.1) is 6.92 Å². The maximum Gasteiger partial charge on any atom is 0.264 e. The fourth-order valence-electron chi connectivity index (χ4n) is 4.17. The minimum Gasteiger partial charge on any atom is -0.352 e. The second-order valence-corrected chi connectivity index (χ2v) is 12.4. The highest BCUT2D eigenvalue weighted by Gasteiger charge is 2.34. The zero-order valence-electron chi connectivity index (χ0n) is 23.1. The lowest BCUT2D eigenvalue weighted by Crippen LogP contribution is -2.53. The van der Waals surface area contributed by atoms with Crippen LogP contribution in [-0.4, -0.2) is 43.8 Å². The number of carbonyl (C=O) groups excluding carboxylic acids is 2. The number of carbonyl (C=O) groups is 2. The topological polar surface area (TPSA) is 86.8 Å². The van der Waals surface area contributed by atoms with Gasteiger partial charge in [-0.15, -0.1) is 0 Å². The Kier molecular flexibility index (Phi) is 11.0. The van der Waals surface area contributed by atoms with Crippen molar-refractivity contribution in [3.63, 3.8) is 0 Å². The van der Waals surface area contributed by atoms with E-state index in [0.717, 1.165) is 21.9 Å². The summed E-state index contributed by atoms with van der Waals surface area (Å²) in [5.41, 5.74) is 1.76. The summed E-state index contributed by atoms with van der Waals surface area (Å²) >= 11 is 12.7. The van der Waals surface area contributed by atoms with E-state index in [-0.39, 0.29) is 39.1 Å². The molecule has 3 aromatic rings. The third-order valence-electron chi connectivity index (χ3n) is 6.65. The molecule has 0 fully saturated rings. The van der Waals surface area contributed by atoms with Crippen LogP contribution in [0.1, 0.15) is 44.7 Å². The van der Waals surface area contributed by atoms with Crippen molar-refractivity contribution in [3.05, 3.63) is 94.0 Å². The molecule has 0 radical (unpaired) electrons. The first kappa shape index (κ1) is 31.5. The van der Waals surface area contributed by atoms with Gasteiger partial charge in [-0.3, -0.25) is 13.9 Å². The summed E-state index contributed by atoms with van der Waals surface area (Å²) in [5.74, 6) is -0.850. The smallest absolute Gasteiger partial charge is 0.264 e. The minimum absolute atomic E-state index is 0.00175. The molecular formula is C30H35Cl2N3O4S. The predicted octanol–water partition coefficient (Wildman–Crippen LogP) is 6.22. The Labute approximate surface area is 247 Å². The first-order chi connectivity index (χ1) is 19.0. The number of benzene rings is 3. The number of halogens is 2. The average molecular weight is 605 g/mol. The number of nitrogens with zero attached hydrogens (tertiary/aromatic N) is 2. The molecule has 0 aromatic heterocycles. The van der Waals surface area contributed by atoms with Gasteiger partial charge in [0.15, 0.2) is 0 Å². The third kappa shape index (κ3) is 7.77. The largest absolute Gasteiger partial charge is 0.352 e. The van der Waals surface area contributed by atoms with E-state index < -0.39 is 28.5 Å². The summed E-state index contributed by atoms with van der Waals surface area (Å²) in [4.78, 5) is 28.8.